The minimum absolute atomic E-state index is 0. The maximum Gasteiger partial charge on any atom is 0.218 e. The quantitative estimate of drug-likeness (QED) is 0.196. The molecule has 1 aromatic heterocycles. The van der Waals surface area contributed by atoms with Crippen LogP contribution in [0.1, 0.15) is 32.3 Å². The zero-order chi connectivity index (χ0) is 18.2. The Labute approximate surface area is 174 Å². The van der Waals surface area contributed by atoms with Crippen LogP contribution in [-0.2, 0) is 16.0 Å². The summed E-state index contributed by atoms with van der Waals surface area (Å²) in [5.74, 6) is 1.40. The van der Waals surface area contributed by atoms with Gasteiger partial charge in [-0.25, -0.2) is 9.98 Å². The van der Waals surface area contributed by atoms with Gasteiger partial charge in [-0.1, -0.05) is 6.07 Å². The number of nitrogens with one attached hydrogen (secondary N) is 2. The molecule has 0 bridgehead atoms. The number of guanidine groups is 1. The molecular formula is C18H33IN4O3. The van der Waals surface area contributed by atoms with Crippen LogP contribution in [0.4, 0.5) is 0 Å². The van der Waals surface area contributed by atoms with Crippen molar-refractivity contribution in [2.45, 2.75) is 33.2 Å². The Morgan fingerprint density at radius 1 is 1.15 bits per heavy atom. The molecule has 26 heavy (non-hydrogen) atoms. The van der Waals surface area contributed by atoms with Crippen LogP contribution in [0.5, 0.6) is 5.88 Å². The number of hydrogen-bond donors (Lipinski definition) is 2. The van der Waals surface area contributed by atoms with Crippen molar-refractivity contribution in [3.05, 3.63) is 23.9 Å². The number of hydrogen-bond acceptors (Lipinski definition) is 5. The Kier molecular flexibility index (Phi) is 16.5. The number of unbranched alkanes of at least 4 members (excludes halogenated alkanes) is 1. The van der Waals surface area contributed by atoms with Gasteiger partial charge in [-0.15, -0.1) is 24.0 Å². The molecule has 0 unspecified atom stereocenters. The number of halogens is 1. The van der Waals surface area contributed by atoms with Crippen molar-refractivity contribution in [1.82, 2.24) is 15.6 Å². The average molecular weight is 480 g/mol. The van der Waals surface area contributed by atoms with Gasteiger partial charge < -0.3 is 24.8 Å². The number of ether oxygens (including phenoxy) is 3. The summed E-state index contributed by atoms with van der Waals surface area (Å²) in [7, 11) is 1.65. The van der Waals surface area contributed by atoms with E-state index in [4.69, 9.17) is 14.2 Å². The van der Waals surface area contributed by atoms with Crippen molar-refractivity contribution in [2.75, 3.05) is 46.6 Å². The summed E-state index contributed by atoms with van der Waals surface area (Å²) in [6, 6.07) is 3.87. The van der Waals surface area contributed by atoms with Crippen LogP contribution in [-0.4, -0.2) is 57.6 Å². The SMILES string of the molecule is CCNC(=NCc1cccnc1OCCOC)NCCCCOCC.I. The van der Waals surface area contributed by atoms with E-state index >= 15 is 0 Å². The second-order valence-corrected chi connectivity index (χ2v) is 5.33. The molecule has 0 fully saturated rings. The summed E-state index contributed by atoms with van der Waals surface area (Å²) in [6.07, 6.45) is 3.81. The molecule has 2 N–H and O–H groups in total. The fourth-order valence-electron chi connectivity index (χ4n) is 2.08. The minimum Gasteiger partial charge on any atom is -0.475 e. The first-order valence-corrected chi connectivity index (χ1v) is 8.97. The monoisotopic (exact) mass is 480 g/mol. The molecule has 0 aliphatic carbocycles. The van der Waals surface area contributed by atoms with Crippen LogP contribution in [0.3, 0.4) is 0 Å². The van der Waals surface area contributed by atoms with Crippen molar-refractivity contribution in [2.24, 2.45) is 4.99 Å². The van der Waals surface area contributed by atoms with Crippen molar-refractivity contribution in [3.8, 4) is 5.88 Å². The summed E-state index contributed by atoms with van der Waals surface area (Å²) >= 11 is 0. The highest BCUT2D eigenvalue weighted by molar-refractivity contribution is 14.0. The number of rotatable bonds is 13. The van der Waals surface area contributed by atoms with Crippen molar-refractivity contribution in [3.63, 3.8) is 0 Å². The first kappa shape index (κ1) is 24.9. The van der Waals surface area contributed by atoms with Crippen LogP contribution in [0, 0.1) is 0 Å². The molecule has 7 nitrogen and oxygen atoms in total. The second kappa shape index (κ2) is 17.3. The molecule has 0 saturated carbocycles. The summed E-state index contributed by atoms with van der Waals surface area (Å²) in [5.41, 5.74) is 0.951. The molecule has 0 amide bonds. The smallest absolute Gasteiger partial charge is 0.218 e. The number of pyridine rings is 1. The molecule has 0 aliphatic heterocycles. The van der Waals surface area contributed by atoms with Gasteiger partial charge in [0, 0.05) is 45.2 Å². The van der Waals surface area contributed by atoms with Crippen LogP contribution < -0.4 is 15.4 Å². The summed E-state index contributed by atoms with van der Waals surface area (Å²) in [4.78, 5) is 8.90. The molecule has 0 saturated heterocycles. The first-order valence-electron chi connectivity index (χ1n) is 8.97. The molecule has 1 aromatic rings. The van der Waals surface area contributed by atoms with E-state index in [1.165, 1.54) is 0 Å². The number of methoxy groups -OCH3 is 1. The van der Waals surface area contributed by atoms with E-state index in [0.717, 1.165) is 50.7 Å². The highest BCUT2D eigenvalue weighted by Crippen LogP contribution is 2.15. The Bertz CT molecular complexity index is 489. The summed E-state index contributed by atoms with van der Waals surface area (Å²) in [5, 5.41) is 6.59. The summed E-state index contributed by atoms with van der Waals surface area (Å²) in [6.45, 7) is 8.84. The molecule has 0 radical (unpaired) electrons. The lowest BCUT2D eigenvalue weighted by Gasteiger charge is -2.12. The average Bonchev–Trinajstić information content (AvgIpc) is 2.63. The molecule has 150 valence electrons. The molecule has 0 aromatic carbocycles. The molecule has 0 aliphatic rings. The maximum absolute atomic E-state index is 5.65. The predicted octanol–water partition coefficient (Wildman–Crippen LogP) is 2.60. The van der Waals surface area contributed by atoms with E-state index in [1.807, 2.05) is 19.1 Å². The van der Waals surface area contributed by atoms with Crippen LogP contribution >= 0.6 is 24.0 Å². The fourth-order valence-corrected chi connectivity index (χ4v) is 2.08. The maximum atomic E-state index is 5.65. The van der Waals surface area contributed by atoms with E-state index < -0.39 is 0 Å². The van der Waals surface area contributed by atoms with Gasteiger partial charge in [-0.3, -0.25) is 0 Å². The van der Waals surface area contributed by atoms with Gasteiger partial charge in [0.05, 0.1) is 13.2 Å². The lowest BCUT2D eigenvalue weighted by atomic mass is 10.3. The van der Waals surface area contributed by atoms with Crippen molar-refractivity contribution >= 4 is 29.9 Å². The normalized spacial score (nSPS) is 11.0. The Hall–Kier alpha value is -1.13. The number of aromatic nitrogens is 1. The lowest BCUT2D eigenvalue weighted by Crippen LogP contribution is -2.37. The third-order valence-corrected chi connectivity index (χ3v) is 3.34. The standard InChI is InChI=1S/C18H32N4O3.HI/c1-4-19-18(21-10-6-7-12-24-5-2)22-15-16-9-8-11-20-17(16)25-14-13-23-3;/h8-9,11H,4-7,10,12-15H2,1-3H3,(H2,19,21,22);1H. The van der Waals surface area contributed by atoms with E-state index in [-0.39, 0.29) is 24.0 Å². The zero-order valence-corrected chi connectivity index (χ0v) is 18.5. The van der Waals surface area contributed by atoms with Crippen LogP contribution in [0.2, 0.25) is 0 Å². The van der Waals surface area contributed by atoms with Crippen LogP contribution in [0.25, 0.3) is 0 Å². The molecule has 8 heteroatoms. The van der Waals surface area contributed by atoms with Gasteiger partial charge >= 0.3 is 0 Å². The van der Waals surface area contributed by atoms with E-state index in [2.05, 4.69) is 27.5 Å². The Morgan fingerprint density at radius 2 is 2.00 bits per heavy atom. The third kappa shape index (κ3) is 11.5. The fraction of sp³-hybridized carbons (Fsp3) is 0.667. The largest absolute Gasteiger partial charge is 0.475 e. The minimum atomic E-state index is 0. The van der Waals surface area contributed by atoms with Gasteiger partial charge in [-0.2, -0.15) is 0 Å². The number of aliphatic imine (C=N–C) groups is 1. The molecular weight excluding hydrogens is 447 g/mol. The summed E-state index contributed by atoms with van der Waals surface area (Å²) < 4.78 is 16.0. The van der Waals surface area contributed by atoms with Crippen molar-refractivity contribution in [1.29, 1.82) is 0 Å². The van der Waals surface area contributed by atoms with E-state index in [1.54, 1.807) is 13.3 Å². The van der Waals surface area contributed by atoms with Crippen molar-refractivity contribution < 1.29 is 14.2 Å². The highest BCUT2D eigenvalue weighted by atomic mass is 127. The Balaban J connectivity index is 0.00000625. The predicted molar refractivity (Wildman–Crippen MR) is 116 cm³/mol. The van der Waals surface area contributed by atoms with E-state index in [0.29, 0.717) is 25.6 Å². The zero-order valence-electron chi connectivity index (χ0n) is 16.1. The highest BCUT2D eigenvalue weighted by Gasteiger charge is 2.05. The van der Waals surface area contributed by atoms with E-state index in [9.17, 15) is 0 Å². The van der Waals surface area contributed by atoms with Gasteiger partial charge in [0.25, 0.3) is 0 Å². The Morgan fingerprint density at radius 3 is 2.73 bits per heavy atom. The van der Waals surface area contributed by atoms with Crippen LogP contribution in [0.15, 0.2) is 23.3 Å². The van der Waals surface area contributed by atoms with Gasteiger partial charge in [0.15, 0.2) is 5.96 Å². The first-order chi connectivity index (χ1) is 12.3. The molecule has 0 atom stereocenters. The van der Waals surface area contributed by atoms with Gasteiger partial charge in [0.2, 0.25) is 5.88 Å². The molecule has 0 spiro atoms. The molecule has 1 heterocycles. The molecule has 1 rings (SSSR count). The van der Waals surface area contributed by atoms with Gasteiger partial charge in [0.1, 0.15) is 6.61 Å². The third-order valence-electron chi connectivity index (χ3n) is 3.34. The lowest BCUT2D eigenvalue weighted by molar-refractivity contribution is 0.143. The topological polar surface area (TPSA) is 77.0 Å². The van der Waals surface area contributed by atoms with Gasteiger partial charge in [-0.05, 0) is 32.8 Å². The number of nitrogens with zero attached hydrogens (tertiary/aromatic N) is 2. The second-order valence-electron chi connectivity index (χ2n) is 5.33.